The van der Waals surface area contributed by atoms with Crippen LogP contribution in [-0.4, -0.2) is 42.6 Å². The first-order valence-corrected chi connectivity index (χ1v) is 11.8. The van der Waals surface area contributed by atoms with Gasteiger partial charge < -0.3 is 19.3 Å². The number of unbranched alkanes of at least 4 members (excludes halogenated alkanes) is 3. The van der Waals surface area contributed by atoms with E-state index in [9.17, 15) is 9.90 Å². The number of benzene rings is 1. The molecule has 6 atom stereocenters. The third-order valence-corrected chi connectivity index (χ3v) is 6.82. The van der Waals surface area contributed by atoms with E-state index < -0.39 is 12.1 Å². The quantitative estimate of drug-likeness (QED) is 0.433. The fourth-order valence-electron chi connectivity index (χ4n) is 5.14. The molecule has 0 aliphatic carbocycles. The van der Waals surface area contributed by atoms with E-state index in [4.69, 9.17) is 14.2 Å². The highest BCUT2D eigenvalue weighted by atomic mass is 16.5. The van der Waals surface area contributed by atoms with Crippen LogP contribution in [0.5, 0.6) is 5.75 Å². The van der Waals surface area contributed by atoms with E-state index in [0.717, 1.165) is 32.5 Å². The molecule has 1 aromatic carbocycles. The van der Waals surface area contributed by atoms with Gasteiger partial charge in [0, 0.05) is 12.5 Å². The van der Waals surface area contributed by atoms with Crippen molar-refractivity contribution in [2.45, 2.75) is 89.9 Å². The van der Waals surface area contributed by atoms with Gasteiger partial charge in [-0.15, -0.1) is 0 Å². The van der Waals surface area contributed by atoms with Crippen LogP contribution in [0.1, 0.15) is 77.2 Å². The third-order valence-electron chi connectivity index (χ3n) is 6.82. The van der Waals surface area contributed by atoms with E-state index in [-0.39, 0.29) is 0 Å². The molecule has 2 heterocycles. The van der Waals surface area contributed by atoms with E-state index in [0.29, 0.717) is 42.1 Å². The molecular weight excluding hydrogens is 380 g/mol. The van der Waals surface area contributed by atoms with E-state index in [2.05, 4.69) is 19.9 Å². The Hall–Kier alpha value is -1.59. The molecule has 0 saturated carbocycles. The van der Waals surface area contributed by atoms with E-state index in [1.54, 1.807) is 0 Å². The molecule has 30 heavy (non-hydrogen) atoms. The Labute approximate surface area is 181 Å². The number of fused-ring (bicyclic) bond motifs is 2. The van der Waals surface area contributed by atoms with Crippen molar-refractivity contribution in [3.8, 4) is 5.75 Å². The summed E-state index contributed by atoms with van der Waals surface area (Å²) < 4.78 is 18.1. The molecule has 1 N–H and O–H groups in total. The van der Waals surface area contributed by atoms with Crippen LogP contribution in [0.15, 0.2) is 24.3 Å². The van der Waals surface area contributed by atoms with Crippen molar-refractivity contribution < 1.29 is 24.1 Å². The summed E-state index contributed by atoms with van der Waals surface area (Å²) in [6.45, 7) is 7.92. The van der Waals surface area contributed by atoms with Gasteiger partial charge in [0.15, 0.2) is 6.10 Å². The number of hydrogen-bond acceptors (Lipinski definition) is 4. The number of ether oxygens (including phenoxy) is 3. The lowest BCUT2D eigenvalue weighted by atomic mass is 9.71. The minimum atomic E-state index is -0.923. The maximum absolute atomic E-state index is 11.3. The molecule has 1 aromatic rings. The number of carboxylic acids is 1. The van der Waals surface area contributed by atoms with Crippen LogP contribution in [0.2, 0.25) is 0 Å². The van der Waals surface area contributed by atoms with Gasteiger partial charge in [0.25, 0.3) is 0 Å². The van der Waals surface area contributed by atoms with Crippen molar-refractivity contribution in [1.29, 1.82) is 0 Å². The Morgan fingerprint density at radius 3 is 2.73 bits per heavy atom. The molecule has 168 valence electrons. The van der Waals surface area contributed by atoms with Gasteiger partial charge >= 0.3 is 5.97 Å². The Morgan fingerprint density at radius 2 is 2.00 bits per heavy atom. The van der Waals surface area contributed by atoms with E-state index in [1.807, 2.05) is 25.1 Å². The highest BCUT2D eigenvalue weighted by Gasteiger charge is 2.51. The summed E-state index contributed by atoms with van der Waals surface area (Å²) in [5.74, 6) is 0.866. The minimum Gasteiger partial charge on any atom is -0.479 e. The van der Waals surface area contributed by atoms with Crippen LogP contribution in [0.4, 0.5) is 0 Å². The van der Waals surface area contributed by atoms with Crippen LogP contribution in [-0.2, 0) is 14.3 Å². The normalized spacial score (nSPS) is 27.2. The van der Waals surface area contributed by atoms with Crippen LogP contribution in [0, 0.1) is 11.8 Å². The second-order valence-corrected chi connectivity index (χ2v) is 8.88. The Bertz CT molecular complexity index is 675. The molecule has 2 bridgehead atoms. The summed E-state index contributed by atoms with van der Waals surface area (Å²) >= 11 is 0. The Balaban J connectivity index is 1.63. The molecule has 5 heteroatoms. The lowest BCUT2D eigenvalue weighted by Gasteiger charge is -2.33. The first-order valence-electron chi connectivity index (χ1n) is 11.8. The second kappa shape index (κ2) is 11.1. The fourth-order valence-corrected chi connectivity index (χ4v) is 5.14. The monoisotopic (exact) mass is 418 g/mol. The molecule has 5 nitrogen and oxygen atoms in total. The maximum atomic E-state index is 11.3. The molecule has 2 fully saturated rings. The predicted molar refractivity (Wildman–Crippen MR) is 117 cm³/mol. The van der Waals surface area contributed by atoms with E-state index >= 15 is 0 Å². The highest BCUT2D eigenvalue weighted by molar-refractivity contribution is 5.72. The number of carbonyl (C=O) groups is 1. The maximum Gasteiger partial charge on any atom is 0.344 e. The smallest absolute Gasteiger partial charge is 0.344 e. The molecule has 0 radical (unpaired) electrons. The summed E-state index contributed by atoms with van der Waals surface area (Å²) in [6, 6.07) is 7.93. The van der Waals surface area contributed by atoms with Crippen molar-refractivity contribution in [1.82, 2.24) is 0 Å². The van der Waals surface area contributed by atoms with Crippen molar-refractivity contribution >= 4 is 5.97 Å². The number of aliphatic carboxylic acids is 1. The summed E-state index contributed by atoms with van der Waals surface area (Å²) in [7, 11) is 0. The summed E-state index contributed by atoms with van der Waals surface area (Å²) in [6.07, 6.45) is 7.40. The van der Waals surface area contributed by atoms with Gasteiger partial charge in [0.05, 0.1) is 18.8 Å². The van der Waals surface area contributed by atoms with Crippen molar-refractivity contribution in [3.63, 3.8) is 0 Å². The molecule has 0 aromatic heterocycles. The molecule has 0 amide bonds. The molecule has 2 saturated heterocycles. The molecule has 2 aliphatic rings. The van der Waals surface area contributed by atoms with Gasteiger partial charge in [-0.3, -0.25) is 0 Å². The lowest BCUT2D eigenvalue weighted by molar-refractivity contribution is -0.145. The zero-order valence-corrected chi connectivity index (χ0v) is 18.7. The first kappa shape index (κ1) is 23.1. The molecular formula is C25H38O5. The number of carboxylic acid groups (broad SMARTS) is 1. The van der Waals surface area contributed by atoms with Crippen LogP contribution in [0.25, 0.3) is 0 Å². The van der Waals surface area contributed by atoms with Crippen molar-refractivity contribution in [2.75, 3.05) is 13.2 Å². The van der Waals surface area contributed by atoms with Crippen molar-refractivity contribution in [2.24, 2.45) is 11.8 Å². The van der Waals surface area contributed by atoms with Crippen LogP contribution in [0.3, 0.4) is 0 Å². The zero-order valence-electron chi connectivity index (χ0n) is 18.7. The highest BCUT2D eigenvalue weighted by Crippen LogP contribution is 2.49. The average molecular weight is 419 g/mol. The summed E-state index contributed by atoms with van der Waals surface area (Å²) in [5, 5.41) is 9.29. The van der Waals surface area contributed by atoms with Gasteiger partial charge in [0.2, 0.25) is 0 Å². The largest absolute Gasteiger partial charge is 0.479 e. The van der Waals surface area contributed by atoms with Gasteiger partial charge in [-0.1, -0.05) is 52.2 Å². The fraction of sp³-hybridized carbons (Fsp3) is 0.720. The van der Waals surface area contributed by atoms with Crippen LogP contribution < -0.4 is 4.74 Å². The SMILES string of the molecule is CCCCCCOCC1C2CCC(O2)C1C(C)c1cccc(OC(CC)C(=O)O)c1. The zero-order chi connectivity index (χ0) is 21.5. The van der Waals surface area contributed by atoms with Gasteiger partial charge in [-0.2, -0.15) is 0 Å². The first-order chi connectivity index (χ1) is 14.5. The molecule has 3 rings (SSSR count). The summed E-state index contributed by atoms with van der Waals surface area (Å²) in [4.78, 5) is 11.3. The van der Waals surface area contributed by atoms with Gasteiger partial charge in [-0.25, -0.2) is 4.79 Å². The standard InChI is InChI=1S/C25H38O5/c1-4-6-7-8-14-28-16-20-22-12-13-23(30-22)24(20)17(3)18-10-9-11-19(15-18)29-21(5-2)25(26)27/h9-11,15,17,20-24H,4-8,12-14,16H2,1-3H3,(H,26,27). The van der Waals surface area contributed by atoms with Gasteiger partial charge in [-0.05, 0) is 55.2 Å². The Morgan fingerprint density at radius 1 is 1.20 bits per heavy atom. The molecule has 2 aliphatic heterocycles. The van der Waals surface area contributed by atoms with Crippen LogP contribution >= 0.6 is 0 Å². The average Bonchev–Trinajstić information content (AvgIpc) is 3.35. The molecule has 6 unspecified atom stereocenters. The second-order valence-electron chi connectivity index (χ2n) is 8.88. The number of hydrogen-bond donors (Lipinski definition) is 1. The topological polar surface area (TPSA) is 65.0 Å². The number of rotatable bonds is 13. The predicted octanol–water partition coefficient (Wildman–Crippen LogP) is 5.42. The van der Waals surface area contributed by atoms with Gasteiger partial charge in [0.1, 0.15) is 5.75 Å². The Kier molecular flexibility index (Phi) is 8.58. The summed E-state index contributed by atoms with van der Waals surface area (Å²) in [5.41, 5.74) is 1.18. The molecule has 0 spiro atoms. The van der Waals surface area contributed by atoms with E-state index in [1.165, 1.54) is 24.8 Å². The minimum absolute atomic E-state index is 0.297. The third kappa shape index (κ3) is 5.55. The van der Waals surface area contributed by atoms with Crippen molar-refractivity contribution in [3.05, 3.63) is 29.8 Å². The lowest BCUT2D eigenvalue weighted by Crippen LogP contribution is -2.34.